The second kappa shape index (κ2) is 10.8. The molecule has 6 nitrogen and oxygen atoms in total. The van der Waals surface area contributed by atoms with Gasteiger partial charge in [-0.25, -0.2) is 0 Å². The van der Waals surface area contributed by atoms with Crippen LogP contribution in [0.1, 0.15) is 43.5 Å². The van der Waals surface area contributed by atoms with Crippen LogP contribution in [0.5, 0.6) is 0 Å². The van der Waals surface area contributed by atoms with Crippen LogP contribution in [0, 0.1) is 0 Å². The summed E-state index contributed by atoms with van der Waals surface area (Å²) in [5.74, 6) is 1.49. The number of nitrogens with two attached hydrogens (primary N) is 1. The van der Waals surface area contributed by atoms with Crippen molar-refractivity contribution in [1.29, 1.82) is 0 Å². The van der Waals surface area contributed by atoms with Gasteiger partial charge in [-0.05, 0) is 12.0 Å². The molecule has 25 heavy (non-hydrogen) atoms. The van der Waals surface area contributed by atoms with E-state index in [2.05, 4.69) is 22.3 Å². The number of aromatic nitrogens is 2. The highest BCUT2D eigenvalue weighted by molar-refractivity contribution is 5.85. The van der Waals surface area contributed by atoms with Crippen LogP contribution >= 0.6 is 12.4 Å². The molecule has 0 unspecified atom stereocenters. The van der Waals surface area contributed by atoms with Crippen molar-refractivity contribution in [2.45, 2.75) is 39.0 Å². The van der Waals surface area contributed by atoms with E-state index in [4.69, 9.17) is 10.3 Å². The molecule has 1 aromatic heterocycles. The Morgan fingerprint density at radius 3 is 2.52 bits per heavy atom. The summed E-state index contributed by atoms with van der Waals surface area (Å²) in [6.45, 7) is 5.70. The van der Waals surface area contributed by atoms with Gasteiger partial charge in [0.2, 0.25) is 11.8 Å². The molecule has 0 aliphatic heterocycles. The topological polar surface area (TPSA) is 85.2 Å². The van der Waals surface area contributed by atoms with E-state index in [-0.39, 0.29) is 24.2 Å². The van der Waals surface area contributed by atoms with E-state index in [9.17, 15) is 4.79 Å². The molecule has 0 aliphatic carbocycles. The number of carbonyl (C=O) groups excluding carboxylic acids is 1. The van der Waals surface area contributed by atoms with Gasteiger partial charge in [0.05, 0.1) is 0 Å². The van der Waals surface area contributed by atoms with Gasteiger partial charge >= 0.3 is 0 Å². The number of hydrogen-bond donors (Lipinski definition) is 1. The first-order chi connectivity index (χ1) is 11.6. The van der Waals surface area contributed by atoms with E-state index < -0.39 is 0 Å². The van der Waals surface area contributed by atoms with Crippen LogP contribution < -0.4 is 5.73 Å². The van der Waals surface area contributed by atoms with E-state index in [0.717, 1.165) is 6.42 Å². The lowest BCUT2D eigenvalue weighted by atomic mass is 10.1. The number of aryl methyl sites for hydroxylation is 1. The first-order valence-electron chi connectivity index (χ1n) is 8.44. The lowest BCUT2D eigenvalue weighted by Crippen LogP contribution is -2.37. The molecule has 138 valence electrons. The summed E-state index contributed by atoms with van der Waals surface area (Å²) in [6, 6.07) is 10.1. The van der Waals surface area contributed by atoms with Gasteiger partial charge in [-0.1, -0.05) is 49.3 Å². The van der Waals surface area contributed by atoms with Crippen molar-refractivity contribution >= 4 is 18.3 Å². The van der Waals surface area contributed by atoms with Gasteiger partial charge in [0.25, 0.3) is 0 Å². The second-order valence-electron chi connectivity index (χ2n) is 6.11. The molecule has 1 aromatic carbocycles. The number of benzene rings is 1. The third kappa shape index (κ3) is 6.84. The summed E-state index contributed by atoms with van der Waals surface area (Å²) in [5.41, 5.74) is 6.86. The monoisotopic (exact) mass is 366 g/mol. The molecule has 2 N–H and O–H groups in total. The Labute approximate surface area is 155 Å². The van der Waals surface area contributed by atoms with Crippen molar-refractivity contribution in [3.05, 3.63) is 47.6 Å². The molecule has 2 aromatic rings. The summed E-state index contributed by atoms with van der Waals surface area (Å²) >= 11 is 0. The largest absolute Gasteiger partial charge is 0.341 e. The Kier molecular flexibility index (Phi) is 9.16. The van der Waals surface area contributed by atoms with Crippen LogP contribution in [-0.2, 0) is 17.6 Å². The van der Waals surface area contributed by atoms with E-state index >= 15 is 0 Å². The number of halogens is 1. The molecule has 0 bridgehead atoms. The van der Waals surface area contributed by atoms with Crippen molar-refractivity contribution in [1.82, 2.24) is 15.0 Å². The highest BCUT2D eigenvalue weighted by atomic mass is 35.5. The fourth-order valence-corrected chi connectivity index (χ4v) is 2.40. The second-order valence-corrected chi connectivity index (χ2v) is 6.11. The van der Waals surface area contributed by atoms with Crippen molar-refractivity contribution in [3.8, 4) is 0 Å². The zero-order chi connectivity index (χ0) is 17.4. The SMILES string of the molecule is CC(C)c1noc(CCC(=O)N(CCN)CCc2ccccc2)n1.Cl. The Bertz CT molecular complexity index is 631. The maximum atomic E-state index is 12.4. The standard InChI is InChI=1S/C18H26N4O2.ClH/c1-14(2)18-20-16(24-21-18)8-9-17(23)22(13-11-19)12-10-15-6-4-3-5-7-15;/h3-7,14H,8-13,19H2,1-2H3;1H. The average molecular weight is 367 g/mol. The Balaban J connectivity index is 0.00000312. The zero-order valence-corrected chi connectivity index (χ0v) is 15.7. The molecule has 0 saturated carbocycles. The highest BCUT2D eigenvalue weighted by Crippen LogP contribution is 2.11. The van der Waals surface area contributed by atoms with Crippen molar-refractivity contribution in [2.75, 3.05) is 19.6 Å². The lowest BCUT2D eigenvalue weighted by molar-refractivity contribution is -0.131. The molecule has 0 atom stereocenters. The summed E-state index contributed by atoms with van der Waals surface area (Å²) in [6.07, 6.45) is 1.64. The number of nitrogens with zero attached hydrogens (tertiary/aromatic N) is 3. The van der Waals surface area contributed by atoms with Crippen molar-refractivity contribution in [3.63, 3.8) is 0 Å². The summed E-state index contributed by atoms with van der Waals surface area (Å²) < 4.78 is 5.19. The molecular weight excluding hydrogens is 340 g/mol. The summed E-state index contributed by atoms with van der Waals surface area (Å²) in [5, 5.41) is 3.92. The van der Waals surface area contributed by atoms with E-state index in [1.807, 2.05) is 36.9 Å². The van der Waals surface area contributed by atoms with Gasteiger partial charge in [-0.15, -0.1) is 12.4 Å². The maximum Gasteiger partial charge on any atom is 0.227 e. The van der Waals surface area contributed by atoms with Gasteiger partial charge < -0.3 is 15.2 Å². The lowest BCUT2D eigenvalue weighted by Gasteiger charge is -2.22. The highest BCUT2D eigenvalue weighted by Gasteiger charge is 2.15. The third-order valence-corrected chi connectivity index (χ3v) is 3.82. The fourth-order valence-electron chi connectivity index (χ4n) is 2.40. The first kappa shape index (κ1) is 21.1. The normalized spacial score (nSPS) is 10.6. The smallest absolute Gasteiger partial charge is 0.227 e. The van der Waals surface area contributed by atoms with Gasteiger partial charge in [0, 0.05) is 38.4 Å². The molecule has 0 radical (unpaired) electrons. The number of carbonyl (C=O) groups is 1. The minimum Gasteiger partial charge on any atom is -0.341 e. The van der Waals surface area contributed by atoms with E-state index in [0.29, 0.717) is 44.2 Å². The molecule has 1 amide bonds. The van der Waals surface area contributed by atoms with Gasteiger partial charge in [0.1, 0.15) is 0 Å². The quantitative estimate of drug-likeness (QED) is 0.737. The van der Waals surface area contributed by atoms with Crippen molar-refractivity contribution < 1.29 is 9.32 Å². The predicted octanol–water partition coefficient (Wildman–Crippen LogP) is 2.58. The Morgan fingerprint density at radius 1 is 1.20 bits per heavy atom. The molecule has 1 heterocycles. The molecule has 0 aliphatic rings. The zero-order valence-electron chi connectivity index (χ0n) is 14.9. The minimum atomic E-state index is 0. The number of amides is 1. The number of hydrogen-bond acceptors (Lipinski definition) is 5. The van der Waals surface area contributed by atoms with Crippen LogP contribution in [0.3, 0.4) is 0 Å². The minimum absolute atomic E-state index is 0. The van der Waals surface area contributed by atoms with Gasteiger partial charge in [-0.3, -0.25) is 4.79 Å². The predicted molar refractivity (Wildman–Crippen MR) is 99.7 cm³/mol. The maximum absolute atomic E-state index is 12.4. The summed E-state index contributed by atoms with van der Waals surface area (Å²) in [4.78, 5) is 18.6. The Morgan fingerprint density at radius 2 is 1.92 bits per heavy atom. The van der Waals surface area contributed by atoms with Crippen LogP contribution in [-0.4, -0.2) is 40.6 Å². The van der Waals surface area contributed by atoms with Crippen LogP contribution in [0.4, 0.5) is 0 Å². The van der Waals surface area contributed by atoms with E-state index in [1.165, 1.54) is 5.56 Å². The van der Waals surface area contributed by atoms with E-state index in [1.54, 1.807) is 0 Å². The van der Waals surface area contributed by atoms with Crippen LogP contribution in [0.25, 0.3) is 0 Å². The van der Waals surface area contributed by atoms with Gasteiger partial charge in [-0.2, -0.15) is 4.98 Å². The Hall–Kier alpha value is -1.92. The molecule has 2 rings (SSSR count). The van der Waals surface area contributed by atoms with Crippen molar-refractivity contribution in [2.24, 2.45) is 5.73 Å². The molecular formula is C18H27ClN4O2. The molecule has 0 fully saturated rings. The molecule has 0 saturated heterocycles. The molecule has 0 spiro atoms. The average Bonchev–Trinajstić information content (AvgIpc) is 3.06. The fraction of sp³-hybridized carbons (Fsp3) is 0.500. The van der Waals surface area contributed by atoms with Gasteiger partial charge in [0.15, 0.2) is 5.82 Å². The van der Waals surface area contributed by atoms with Crippen LogP contribution in [0.2, 0.25) is 0 Å². The first-order valence-corrected chi connectivity index (χ1v) is 8.44. The summed E-state index contributed by atoms with van der Waals surface area (Å²) in [7, 11) is 0. The third-order valence-electron chi connectivity index (χ3n) is 3.82. The van der Waals surface area contributed by atoms with Crippen LogP contribution in [0.15, 0.2) is 34.9 Å². The number of rotatable bonds is 9. The molecule has 7 heteroatoms.